The lowest BCUT2D eigenvalue weighted by Crippen LogP contribution is -2.42. The van der Waals surface area contributed by atoms with Crippen molar-refractivity contribution in [1.29, 1.82) is 0 Å². The zero-order chi connectivity index (χ0) is 15.7. The van der Waals surface area contributed by atoms with Crippen LogP contribution >= 0.6 is 0 Å². The van der Waals surface area contributed by atoms with Gasteiger partial charge in [0.1, 0.15) is 5.56 Å². The van der Waals surface area contributed by atoms with E-state index in [0.717, 1.165) is 0 Å². The van der Waals surface area contributed by atoms with Gasteiger partial charge in [0.15, 0.2) is 5.65 Å². The summed E-state index contributed by atoms with van der Waals surface area (Å²) in [5.74, 6) is -0.971. The van der Waals surface area contributed by atoms with E-state index in [2.05, 4.69) is 15.4 Å². The highest BCUT2D eigenvalue weighted by atomic mass is 16.4. The summed E-state index contributed by atoms with van der Waals surface area (Å²) in [6.07, 6.45) is 7.33. The molecule has 0 bridgehead atoms. The number of aliphatic carboxylic acids is 1. The zero-order valence-corrected chi connectivity index (χ0v) is 12.3. The number of nitrogens with zero attached hydrogens (tertiary/aromatic N) is 3. The highest BCUT2D eigenvalue weighted by Crippen LogP contribution is 2.36. The van der Waals surface area contributed by atoms with E-state index in [1.54, 1.807) is 29.9 Å². The molecule has 2 aromatic rings. The van der Waals surface area contributed by atoms with E-state index in [1.807, 2.05) is 0 Å². The fourth-order valence-electron chi connectivity index (χ4n) is 2.86. The molecule has 0 aliphatic heterocycles. The standard InChI is InChI=1S/C15H18N4O3/c1-15(14(21)22)5-3-10(4-6-15)18-13(20)11-9-17-19-8-2-7-16-12(11)19/h2,7-10H,3-6H2,1H3,(H,18,20)(H,21,22). The van der Waals surface area contributed by atoms with Crippen LogP contribution in [-0.2, 0) is 4.79 Å². The summed E-state index contributed by atoms with van der Waals surface area (Å²) in [7, 11) is 0. The molecule has 0 radical (unpaired) electrons. The molecular formula is C15H18N4O3. The molecule has 1 aliphatic carbocycles. The van der Waals surface area contributed by atoms with Gasteiger partial charge in [-0.05, 0) is 38.7 Å². The molecule has 2 heterocycles. The maximum absolute atomic E-state index is 12.4. The molecule has 2 N–H and O–H groups in total. The maximum Gasteiger partial charge on any atom is 0.309 e. The van der Waals surface area contributed by atoms with Gasteiger partial charge < -0.3 is 10.4 Å². The summed E-state index contributed by atoms with van der Waals surface area (Å²) >= 11 is 0. The monoisotopic (exact) mass is 302 g/mol. The summed E-state index contributed by atoms with van der Waals surface area (Å²) in [4.78, 5) is 27.8. The SMILES string of the molecule is CC1(C(=O)O)CCC(NC(=O)c2cnn3cccnc23)CC1. The van der Waals surface area contributed by atoms with E-state index in [1.165, 1.54) is 6.20 Å². The Kier molecular flexibility index (Phi) is 3.56. The van der Waals surface area contributed by atoms with E-state index >= 15 is 0 Å². The first-order valence-electron chi connectivity index (χ1n) is 7.32. The number of fused-ring (bicyclic) bond motifs is 1. The summed E-state index contributed by atoms with van der Waals surface area (Å²) in [6, 6.07) is 1.74. The Balaban J connectivity index is 1.67. The largest absolute Gasteiger partial charge is 0.481 e. The Morgan fingerprint density at radius 2 is 2.14 bits per heavy atom. The molecule has 3 rings (SSSR count). The first-order chi connectivity index (χ1) is 10.5. The number of aromatic nitrogens is 3. The minimum Gasteiger partial charge on any atom is -0.481 e. The van der Waals surface area contributed by atoms with Crippen LogP contribution < -0.4 is 5.32 Å². The number of rotatable bonds is 3. The van der Waals surface area contributed by atoms with Crippen LogP contribution in [0, 0.1) is 5.41 Å². The molecule has 1 saturated carbocycles. The summed E-state index contributed by atoms with van der Waals surface area (Å²) in [5.41, 5.74) is 0.283. The zero-order valence-electron chi connectivity index (χ0n) is 12.3. The molecule has 7 nitrogen and oxygen atoms in total. The molecule has 0 saturated heterocycles. The number of nitrogens with one attached hydrogen (secondary N) is 1. The third-order valence-electron chi connectivity index (χ3n) is 4.46. The Morgan fingerprint density at radius 3 is 2.82 bits per heavy atom. The van der Waals surface area contributed by atoms with E-state index < -0.39 is 11.4 Å². The van der Waals surface area contributed by atoms with E-state index in [9.17, 15) is 14.7 Å². The number of hydrogen-bond donors (Lipinski definition) is 2. The van der Waals surface area contributed by atoms with Crippen molar-refractivity contribution < 1.29 is 14.7 Å². The minimum absolute atomic E-state index is 0.00131. The summed E-state index contributed by atoms with van der Waals surface area (Å²) < 4.78 is 1.55. The van der Waals surface area contributed by atoms with Crippen molar-refractivity contribution in [1.82, 2.24) is 19.9 Å². The smallest absolute Gasteiger partial charge is 0.309 e. The van der Waals surface area contributed by atoms with Crippen molar-refractivity contribution in [3.8, 4) is 0 Å². The van der Waals surface area contributed by atoms with Gasteiger partial charge in [-0.1, -0.05) is 0 Å². The predicted octanol–water partition coefficient (Wildman–Crippen LogP) is 1.49. The number of carboxylic acid groups (broad SMARTS) is 1. The van der Waals surface area contributed by atoms with Gasteiger partial charge >= 0.3 is 5.97 Å². The van der Waals surface area contributed by atoms with Crippen LogP contribution in [0.4, 0.5) is 0 Å². The second-order valence-corrected chi connectivity index (χ2v) is 6.06. The highest BCUT2D eigenvalue weighted by Gasteiger charge is 2.37. The van der Waals surface area contributed by atoms with Crippen molar-refractivity contribution in [3.63, 3.8) is 0 Å². The lowest BCUT2D eigenvalue weighted by Gasteiger charge is -2.34. The van der Waals surface area contributed by atoms with Gasteiger partial charge in [0, 0.05) is 18.4 Å². The Hall–Kier alpha value is -2.44. The lowest BCUT2D eigenvalue weighted by atomic mass is 9.74. The second-order valence-electron chi connectivity index (χ2n) is 6.06. The molecule has 22 heavy (non-hydrogen) atoms. The van der Waals surface area contributed by atoms with Crippen molar-refractivity contribution in [3.05, 3.63) is 30.2 Å². The highest BCUT2D eigenvalue weighted by molar-refractivity contribution is 5.99. The first-order valence-corrected chi connectivity index (χ1v) is 7.32. The molecule has 7 heteroatoms. The third-order valence-corrected chi connectivity index (χ3v) is 4.46. The van der Waals surface area contributed by atoms with Gasteiger partial charge in [-0.15, -0.1) is 0 Å². The molecule has 0 unspecified atom stereocenters. The minimum atomic E-state index is -0.760. The predicted molar refractivity (Wildman–Crippen MR) is 78.5 cm³/mol. The number of hydrogen-bond acceptors (Lipinski definition) is 4. The number of amides is 1. The summed E-state index contributed by atoms with van der Waals surface area (Å²) in [5, 5.41) is 16.3. The summed E-state index contributed by atoms with van der Waals surface area (Å²) in [6.45, 7) is 1.77. The number of carbonyl (C=O) groups is 2. The van der Waals surface area contributed by atoms with Crippen LogP contribution in [-0.4, -0.2) is 37.6 Å². The molecule has 2 aromatic heterocycles. The van der Waals surface area contributed by atoms with Crippen molar-refractivity contribution in [2.45, 2.75) is 38.6 Å². The molecule has 0 aromatic carbocycles. The third kappa shape index (κ3) is 2.54. The van der Waals surface area contributed by atoms with Crippen LogP contribution in [0.25, 0.3) is 5.65 Å². The average molecular weight is 302 g/mol. The molecule has 0 spiro atoms. The number of carboxylic acids is 1. The van der Waals surface area contributed by atoms with E-state index in [-0.39, 0.29) is 11.9 Å². The first kappa shape index (κ1) is 14.5. The Labute approximate surface area is 127 Å². The van der Waals surface area contributed by atoms with Crippen LogP contribution in [0.2, 0.25) is 0 Å². The van der Waals surface area contributed by atoms with Gasteiger partial charge in [-0.2, -0.15) is 5.10 Å². The van der Waals surface area contributed by atoms with Gasteiger partial charge in [-0.3, -0.25) is 9.59 Å². The van der Waals surface area contributed by atoms with Crippen molar-refractivity contribution in [2.75, 3.05) is 0 Å². The molecular weight excluding hydrogens is 284 g/mol. The van der Waals surface area contributed by atoms with Crippen LogP contribution in [0.1, 0.15) is 43.0 Å². The van der Waals surface area contributed by atoms with Crippen molar-refractivity contribution >= 4 is 17.5 Å². The normalized spacial score (nSPS) is 25.0. The van der Waals surface area contributed by atoms with Crippen LogP contribution in [0.5, 0.6) is 0 Å². The van der Waals surface area contributed by atoms with Crippen LogP contribution in [0.3, 0.4) is 0 Å². The fourth-order valence-corrected chi connectivity index (χ4v) is 2.86. The Morgan fingerprint density at radius 1 is 1.41 bits per heavy atom. The number of carbonyl (C=O) groups excluding carboxylic acids is 1. The molecule has 1 amide bonds. The quantitative estimate of drug-likeness (QED) is 0.895. The maximum atomic E-state index is 12.4. The van der Waals surface area contributed by atoms with E-state index in [0.29, 0.717) is 36.9 Å². The molecule has 1 fully saturated rings. The second kappa shape index (κ2) is 5.40. The van der Waals surface area contributed by atoms with Gasteiger partial charge in [0.2, 0.25) is 0 Å². The molecule has 0 atom stereocenters. The van der Waals surface area contributed by atoms with Gasteiger partial charge in [-0.25, -0.2) is 9.50 Å². The lowest BCUT2D eigenvalue weighted by molar-refractivity contribution is -0.149. The molecule has 1 aliphatic rings. The topological polar surface area (TPSA) is 96.6 Å². The van der Waals surface area contributed by atoms with Crippen molar-refractivity contribution in [2.24, 2.45) is 5.41 Å². The fraction of sp³-hybridized carbons (Fsp3) is 0.467. The van der Waals surface area contributed by atoms with Gasteiger partial charge in [0.25, 0.3) is 5.91 Å². The van der Waals surface area contributed by atoms with Crippen LogP contribution in [0.15, 0.2) is 24.7 Å². The molecule has 116 valence electrons. The van der Waals surface area contributed by atoms with Gasteiger partial charge in [0.05, 0.1) is 11.6 Å². The Bertz CT molecular complexity index is 716. The van der Waals surface area contributed by atoms with E-state index in [4.69, 9.17) is 0 Å². The average Bonchev–Trinajstić information content (AvgIpc) is 2.93.